The minimum atomic E-state index is -0.588. The molecule has 0 spiro atoms. The van der Waals surface area contributed by atoms with Gasteiger partial charge in [0.25, 0.3) is 0 Å². The Balaban J connectivity index is 1.88. The Bertz CT molecular complexity index is 657. The molecule has 0 aliphatic rings. The first-order valence-electron chi connectivity index (χ1n) is 7.11. The highest BCUT2D eigenvalue weighted by Crippen LogP contribution is 2.20. The highest BCUT2D eigenvalue weighted by molar-refractivity contribution is 5.89. The maximum atomic E-state index is 12.0. The molecule has 122 valence electrons. The number of benzene rings is 2. The van der Waals surface area contributed by atoms with Crippen molar-refractivity contribution in [2.45, 2.75) is 13.0 Å². The lowest BCUT2D eigenvalue weighted by atomic mass is 10.2. The number of nitrogens with two attached hydrogens (primary N) is 1. The molecule has 0 fully saturated rings. The average Bonchev–Trinajstić information content (AvgIpc) is 2.55. The van der Waals surface area contributed by atoms with Crippen molar-refractivity contribution >= 4 is 11.7 Å². The number of para-hydroxylation sites is 2. The standard InChI is InChI=1S/C17H19NO5/c1-12(19)10-21-14-6-4-5-13(9-14)17(20)23-11-22-16-8-3-2-7-15(16)18/h2-9,12,19H,10-11,18H2,1H3. The molecular weight excluding hydrogens is 298 g/mol. The van der Waals surface area contributed by atoms with Crippen molar-refractivity contribution in [1.29, 1.82) is 0 Å². The average molecular weight is 317 g/mol. The van der Waals surface area contributed by atoms with Crippen molar-refractivity contribution in [2.75, 3.05) is 19.1 Å². The van der Waals surface area contributed by atoms with Crippen molar-refractivity contribution in [3.63, 3.8) is 0 Å². The third kappa shape index (κ3) is 5.19. The zero-order chi connectivity index (χ0) is 16.7. The van der Waals surface area contributed by atoms with E-state index >= 15 is 0 Å². The first kappa shape index (κ1) is 16.6. The van der Waals surface area contributed by atoms with E-state index in [0.717, 1.165) is 0 Å². The maximum Gasteiger partial charge on any atom is 0.341 e. The first-order valence-corrected chi connectivity index (χ1v) is 7.11. The molecule has 2 aromatic rings. The van der Waals surface area contributed by atoms with Gasteiger partial charge in [-0.15, -0.1) is 0 Å². The van der Waals surface area contributed by atoms with Gasteiger partial charge in [0.1, 0.15) is 18.1 Å². The van der Waals surface area contributed by atoms with Gasteiger partial charge in [0.15, 0.2) is 0 Å². The third-order valence-electron chi connectivity index (χ3n) is 2.88. The van der Waals surface area contributed by atoms with Crippen molar-refractivity contribution in [1.82, 2.24) is 0 Å². The second-order valence-electron chi connectivity index (χ2n) is 4.92. The molecule has 0 aromatic heterocycles. The van der Waals surface area contributed by atoms with Crippen LogP contribution < -0.4 is 15.2 Å². The van der Waals surface area contributed by atoms with Crippen LogP contribution in [0.2, 0.25) is 0 Å². The lowest BCUT2D eigenvalue weighted by Crippen LogP contribution is -2.14. The van der Waals surface area contributed by atoms with Gasteiger partial charge in [0, 0.05) is 0 Å². The number of rotatable bonds is 7. The van der Waals surface area contributed by atoms with E-state index in [-0.39, 0.29) is 13.4 Å². The van der Waals surface area contributed by atoms with E-state index in [2.05, 4.69) is 0 Å². The van der Waals surface area contributed by atoms with Crippen LogP contribution in [0.25, 0.3) is 0 Å². The van der Waals surface area contributed by atoms with Crippen LogP contribution in [-0.4, -0.2) is 30.6 Å². The summed E-state index contributed by atoms with van der Waals surface area (Å²) in [5.41, 5.74) is 6.52. The Labute approximate surface area is 134 Å². The van der Waals surface area contributed by atoms with E-state index in [9.17, 15) is 9.90 Å². The van der Waals surface area contributed by atoms with Crippen LogP contribution in [0.4, 0.5) is 5.69 Å². The summed E-state index contributed by atoms with van der Waals surface area (Å²) in [6.07, 6.45) is -0.588. The lowest BCUT2D eigenvalue weighted by molar-refractivity contribution is 0.0155. The number of carbonyl (C=O) groups excluding carboxylic acids is 1. The van der Waals surface area contributed by atoms with Crippen LogP contribution in [-0.2, 0) is 4.74 Å². The fourth-order valence-electron chi connectivity index (χ4n) is 1.77. The summed E-state index contributed by atoms with van der Waals surface area (Å²) in [4.78, 5) is 12.0. The molecule has 0 radical (unpaired) electrons. The molecule has 0 aliphatic heterocycles. The van der Waals surface area contributed by atoms with E-state index in [0.29, 0.717) is 22.7 Å². The summed E-state index contributed by atoms with van der Waals surface area (Å²) in [6.45, 7) is 1.52. The van der Waals surface area contributed by atoms with E-state index in [1.165, 1.54) is 0 Å². The van der Waals surface area contributed by atoms with E-state index in [1.54, 1.807) is 55.5 Å². The Kier molecular flexibility index (Phi) is 5.82. The summed E-state index contributed by atoms with van der Waals surface area (Å²) in [5, 5.41) is 9.20. The molecule has 23 heavy (non-hydrogen) atoms. The van der Waals surface area contributed by atoms with Gasteiger partial charge in [0.05, 0.1) is 17.4 Å². The predicted molar refractivity (Wildman–Crippen MR) is 85.4 cm³/mol. The molecule has 0 bridgehead atoms. The summed E-state index contributed by atoms with van der Waals surface area (Å²) in [6, 6.07) is 13.5. The number of esters is 1. The number of aliphatic hydroxyl groups excluding tert-OH is 1. The fraction of sp³-hybridized carbons (Fsp3) is 0.235. The molecule has 0 heterocycles. The second-order valence-corrected chi connectivity index (χ2v) is 4.92. The van der Waals surface area contributed by atoms with Gasteiger partial charge in [-0.25, -0.2) is 4.79 Å². The van der Waals surface area contributed by atoms with Crippen molar-refractivity contribution < 1.29 is 24.1 Å². The van der Waals surface area contributed by atoms with Crippen LogP contribution in [0.5, 0.6) is 11.5 Å². The number of hydrogen-bond donors (Lipinski definition) is 2. The summed E-state index contributed by atoms with van der Waals surface area (Å²) in [5.74, 6) is 0.393. The molecule has 2 rings (SSSR count). The number of anilines is 1. The number of ether oxygens (including phenoxy) is 3. The van der Waals surface area contributed by atoms with Crippen LogP contribution in [0, 0.1) is 0 Å². The molecule has 6 heteroatoms. The van der Waals surface area contributed by atoms with Gasteiger partial charge in [-0.2, -0.15) is 0 Å². The summed E-state index contributed by atoms with van der Waals surface area (Å²) < 4.78 is 15.7. The monoisotopic (exact) mass is 317 g/mol. The Morgan fingerprint density at radius 3 is 2.70 bits per heavy atom. The highest BCUT2D eigenvalue weighted by Gasteiger charge is 2.09. The normalized spacial score (nSPS) is 11.6. The zero-order valence-corrected chi connectivity index (χ0v) is 12.8. The van der Waals surface area contributed by atoms with E-state index in [1.807, 2.05) is 0 Å². The predicted octanol–water partition coefficient (Wildman–Crippen LogP) is 2.22. The first-order chi connectivity index (χ1) is 11.1. The minimum Gasteiger partial charge on any atom is -0.491 e. The second kappa shape index (κ2) is 8.05. The zero-order valence-electron chi connectivity index (χ0n) is 12.8. The summed E-state index contributed by atoms with van der Waals surface area (Å²) >= 11 is 0. The minimum absolute atomic E-state index is 0.148. The van der Waals surface area contributed by atoms with Crippen molar-refractivity contribution in [3.05, 3.63) is 54.1 Å². The van der Waals surface area contributed by atoms with E-state index < -0.39 is 12.1 Å². The van der Waals surface area contributed by atoms with Crippen LogP contribution in [0.15, 0.2) is 48.5 Å². The number of hydrogen-bond acceptors (Lipinski definition) is 6. The van der Waals surface area contributed by atoms with Crippen LogP contribution >= 0.6 is 0 Å². The van der Waals surface area contributed by atoms with Gasteiger partial charge in [-0.3, -0.25) is 0 Å². The van der Waals surface area contributed by atoms with Crippen LogP contribution in [0.3, 0.4) is 0 Å². The van der Waals surface area contributed by atoms with Gasteiger partial charge in [-0.1, -0.05) is 18.2 Å². The largest absolute Gasteiger partial charge is 0.491 e. The van der Waals surface area contributed by atoms with Gasteiger partial charge in [-0.05, 0) is 37.3 Å². The maximum absolute atomic E-state index is 12.0. The quantitative estimate of drug-likeness (QED) is 0.462. The van der Waals surface area contributed by atoms with Gasteiger partial charge >= 0.3 is 5.97 Å². The Hall–Kier alpha value is -2.73. The van der Waals surface area contributed by atoms with E-state index in [4.69, 9.17) is 19.9 Å². The molecule has 1 atom stereocenters. The number of nitrogen functional groups attached to an aromatic ring is 1. The van der Waals surface area contributed by atoms with Crippen LogP contribution in [0.1, 0.15) is 17.3 Å². The smallest absolute Gasteiger partial charge is 0.341 e. The Morgan fingerprint density at radius 2 is 1.96 bits per heavy atom. The van der Waals surface area contributed by atoms with Gasteiger partial charge < -0.3 is 25.1 Å². The fourth-order valence-corrected chi connectivity index (χ4v) is 1.77. The summed E-state index contributed by atoms with van der Waals surface area (Å²) in [7, 11) is 0. The molecule has 3 N–H and O–H groups in total. The molecule has 1 unspecified atom stereocenters. The number of aliphatic hydroxyl groups is 1. The molecule has 0 aliphatic carbocycles. The molecule has 0 saturated carbocycles. The molecule has 2 aromatic carbocycles. The molecular formula is C17H19NO5. The topological polar surface area (TPSA) is 91.0 Å². The SMILES string of the molecule is CC(O)COc1cccc(C(=O)OCOc2ccccc2N)c1. The molecule has 6 nitrogen and oxygen atoms in total. The highest BCUT2D eigenvalue weighted by atomic mass is 16.7. The molecule has 0 amide bonds. The number of carbonyl (C=O) groups is 1. The molecule has 0 saturated heterocycles. The third-order valence-corrected chi connectivity index (χ3v) is 2.88. The van der Waals surface area contributed by atoms with Gasteiger partial charge in [0.2, 0.25) is 6.79 Å². The Morgan fingerprint density at radius 1 is 1.17 bits per heavy atom. The lowest BCUT2D eigenvalue weighted by Gasteiger charge is -2.11. The van der Waals surface area contributed by atoms with Crippen molar-refractivity contribution in [3.8, 4) is 11.5 Å². The van der Waals surface area contributed by atoms with Crippen molar-refractivity contribution in [2.24, 2.45) is 0 Å².